The molecule has 10 heteroatoms. The SMILES string of the molecule is O=P1(c2ccccc2)c2ccsc2-c2sc(C#Cc3ccc(-c4ccc(C#Cc5cc6c(s5)-c5sccc5P6(=O)c5ccccc5)cn4)nc3)cc21. The first-order valence-corrected chi connectivity index (χ1v) is 23.0. The second-order valence-corrected chi connectivity index (χ2v) is 21.5. The summed E-state index contributed by atoms with van der Waals surface area (Å²) in [5.74, 6) is 13.1. The molecule has 2 unspecified atom stereocenters. The van der Waals surface area contributed by atoms with Gasteiger partial charge in [-0.1, -0.05) is 84.3 Å². The van der Waals surface area contributed by atoms with Crippen molar-refractivity contribution in [1.82, 2.24) is 9.97 Å². The van der Waals surface area contributed by atoms with Gasteiger partial charge in [-0.05, 0) is 59.3 Å². The molecule has 2 aromatic carbocycles. The van der Waals surface area contributed by atoms with E-state index in [0.29, 0.717) is 0 Å². The number of thiophene rings is 4. The minimum Gasteiger partial charge on any atom is -0.309 e. The monoisotopic (exact) mass is 776 g/mol. The Bertz CT molecular complexity index is 2720. The first-order chi connectivity index (χ1) is 25.5. The van der Waals surface area contributed by atoms with Crippen LogP contribution < -0.4 is 31.8 Å². The molecule has 0 N–H and O–H groups in total. The van der Waals surface area contributed by atoms with Crippen LogP contribution in [0.15, 0.2) is 132 Å². The molecule has 0 radical (unpaired) electrons. The van der Waals surface area contributed by atoms with Crippen LogP contribution in [0, 0.1) is 23.7 Å². The van der Waals surface area contributed by atoms with Gasteiger partial charge in [-0.15, -0.1) is 45.3 Å². The van der Waals surface area contributed by atoms with E-state index in [1.54, 1.807) is 57.7 Å². The van der Waals surface area contributed by atoms with Gasteiger partial charge in [0.2, 0.25) is 0 Å². The van der Waals surface area contributed by atoms with Crippen molar-refractivity contribution in [3.8, 4) is 54.6 Å². The van der Waals surface area contributed by atoms with Crippen molar-refractivity contribution in [1.29, 1.82) is 0 Å². The molecule has 52 heavy (non-hydrogen) atoms. The Morgan fingerprint density at radius 2 is 0.904 bits per heavy atom. The second-order valence-electron chi connectivity index (χ2n) is 12.2. The van der Waals surface area contributed by atoms with E-state index in [4.69, 9.17) is 0 Å². The van der Waals surface area contributed by atoms with Crippen LogP contribution in [0.1, 0.15) is 20.9 Å². The number of pyridine rings is 2. The van der Waals surface area contributed by atoms with Gasteiger partial charge >= 0.3 is 0 Å². The molecule has 2 aliphatic rings. The van der Waals surface area contributed by atoms with Crippen LogP contribution >= 0.6 is 59.6 Å². The molecule has 10 rings (SSSR count). The maximum Gasteiger partial charge on any atom is 0.174 e. The molecule has 0 bridgehead atoms. The Labute approximate surface area is 316 Å². The minimum absolute atomic E-state index is 0.743. The summed E-state index contributed by atoms with van der Waals surface area (Å²) in [6, 6.07) is 35.3. The van der Waals surface area contributed by atoms with Crippen molar-refractivity contribution in [2.75, 3.05) is 0 Å². The summed E-state index contributed by atoms with van der Waals surface area (Å²) in [5.41, 5.74) is 3.06. The van der Waals surface area contributed by atoms with Crippen LogP contribution in [-0.2, 0) is 9.13 Å². The number of fused-ring (bicyclic) bond motifs is 6. The smallest absolute Gasteiger partial charge is 0.174 e. The lowest BCUT2D eigenvalue weighted by atomic mass is 10.2. The van der Waals surface area contributed by atoms with Crippen molar-refractivity contribution in [3.05, 3.63) is 153 Å². The molecule has 246 valence electrons. The molecule has 0 spiro atoms. The minimum atomic E-state index is -2.90. The molecule has 8 heterocycles. The van der Waals surface area contributed by atoms with E-state index in [1.807, 2.05) is 120 Å². The summed E-state index contributed by atoms with van der Waals surface area (Å²) in [4.78, 5) is 15.4. The van der Waals surface area contributed by atoms with Crippen LogP contribution in [0.4, 0.5) is 0 Å². The normalized spacial score (nSPS) is 17.6. The van der Waals surface area contributed by atoms with Gasteiger partial charge in [0.05, 0.1) is 40.7 Å². The first-order valence-electron chi connectivity index (χ1n) is 16.2. The highest BCUT2D eigenvalue weighted by molar-refractivity contribution is 7.88. The summed E-state index contributed by atoms with van der Waals surface area (Å²) in [5, 5.41) is 9.45. The van der Waals surface area contributed by atoms with Gasteiger partial charge < -0.3 is 9.13 Å². The number of aromatic nitrogens is 2. The lowest BCUT2D eigenvalue weighted by Crippen LogP contribution is -2.19. The lowest BCUT2D eigenvalue weighted by molar-refractivity contribution is 0.592. The molecular formula is C42H22N2O2P2S4. The molecule has 6 aromatic heterocycles. The van der Waals surface area contributed by atoms with Gasteiger partial charge in [-0.3, -0.25) is 9.97 Å². The summed E-state index contributed by atoms with van der Waals surface area (Å²) in [6.07, 6.45) is 3.52. The van der Waals surface area contributed by atoms with Crippen molar-refractivity contribution >= 4 is 91.5 Å². The van der Waals surface area contributed by atoms with Crippen LogP contribution in [0.25, 0.3) is 30.9 Å². The van der Waals surface area contributed by atoms with E-state index in [-0.39, 0.29) is 0 Å². The van der Waals surface area contributed by atoms with Gasteiger partial charge in [-0.25, -0.2) is 0 Å². The highest BCUT2D eigenvalue weighted by atomic mass is 32.1. The van der Waals surface area contributed by atoms with Crippen molar-refractivity contribution in [2.45, 2.75) is 0 Å². The molecule has 2 aliphatic heterocycles. The summed E-state index contributed by atoms with van der Waals surface area (Å²) in [6.45, 7) is 0. The second kappa shape index (κ2) is 12.4. The van der Waals surface area contributed by atoms with Crippen molar-refractivity contribution in [3.63, 3.8) is 0 Å². The summed E-state index contributed by atoms with van der Waals surface area (Å²) >= 11 is 6.49. The quantitative estimate of drug-likeness (QED) is 0.134. The standard InChI is InChI=1S/C42H22N2O2P2S4/c45-47(29-7-3-1-4-8-29)35-19-21-49-39(35)41-37(47)23-31(51-41)15-11-27-13-17-33(43-25-27)34-18-14-28(26-44-34)12-16-32-24-38-42(52-32)40-36(20-22-50-40)48(38,46)30-9-5-2-6-10-30/h1-10,13-14,17-26H. The predicted octanol–water partition coefficient (Wildman–Crippen LogP) is 8.43. The van der Waals surface area contributed by atoms with Crippen molar-refractivity contribution < 1.29 is 9.13 Å². The molecule has 0 fully saturated rings. The average Bonchev–Trinajstić information content (AvgIpc) is 4.05. The van der Waals surface area contributed by atoms with Gasteiger partial charge in [0.25, 0.3) is 0 Å². The largest absolute Gasteiger partial charge is 0.309 e. The fourth-order valence-electron chi connectivity index (χ4n) is 6.72. The Morgan fingerprint density at radius 3 is 1.31 bits per heavy atom. The lowest BCUT2D eigenvalue weighted by Gasteiger charge is -2.13. The molecular weight excluding hydrogens is 755 g/mol. The third-order valence-corrected chi connectivity index (χ3v) is 20.3. The topological polar surface area (TPSA) is 59.9 Å². The molecule has 2 atom stereocenters. The molecule has 0 saturated heterocycles. The van der Waals surface area contributed by atoms with Crippen LogP contribution in [0.3, 0.4) is 0 Å². The molecule has 0 saturated carbocycles. The Hall–Kier alpha value is -4.88. The highest BCUT2D eigenvalue weighted by Gasteiger charge is 2.44. The summed E-state index contributed by atoms with van der Waals surface area (Å²) in [7, 11) is -5.80. The highest BCUT2D eigenvalue weighted by Crippen LogP contribution is 2.57. The zero-order chi connectivity index (χ0) is 34.9. The maximum atomic E-state index is 14.6. The molecule has 0 aliphatic carbocycles. The number of hydrogen-bond acceptors (Lipinski definition) is 8. The van der Waals surface area contributed by atoms with E-state index in [2.05, 4.69) is 33.6 Å². The maximum absolute atomic E-state index is 14.6. The fourth-order valence-corrected chi connectivity index (χ4v) is 18.9. The van der Waals surface area contributed by atoms with E-state index in [0.717, 1.165) is 83.6 Å². The Morgan fingerprint density at radius 1 is 0.462 bits per heavy atom. The zero-order valence-corrected chi connectivity index (χ0v) is 32.0. The van der Waals surface area contributed by atoms with Gasteiger partial charge in [-0.2, -0.15) is 0 Å². The number of rotatable bonds is 3. The van der Waals surface area contributed by atoms with E-state index in [9.17, 15) is 9.13 Å². The fraction of sp³-hybridized carbons (Fsp3) is 0. The van der Waals surface area contributed by atoms with Crippen molar-refractivity contribution in [2.24, 2.45) is 0 Å². The molecule has 4 nitrogen and oxygen atoms in total. The first kappa shape index (κ1) is 31.8. The van der Waals surface area contributed by atoms with Gasteiger partial charge in [0.15, 0.2) is 14.3 Å². The number of nitrogens with zero attached hydrogens (tertiary/aromatic N) is 2. The Kier molecular flexibility index (Phi) is 7.57. The number of hydrogen-bond donors (Lipinski definition) is 0. The number of benzene rings is 2. The van der Waals surface area contributed by atoms with E-state index in [1.165, 1.54) is 0 Å². The van der Waals surface area contributed by atoms with Gasteiger partial charge in [0, 0.05) is 55.3 Å². The van der Waals surface area contributed by atoms with E-state index < -0.39 is 14.3 Å². The van der Waals surface area contributed by atoms with Crippen LogP contribution in [-0.4, -0.2) is 9.97 Å². The molecule has 8 aromatic rings. The third kappa shape index (κ3) is 4.96. The van der Waals surface area contributed by atoms with E-state index >= 15 is 0 Å². The van der Waals surface area contributed by atoms with Crippen LogP contribution in [0.5, 0.6) is 0 Å². The predicted molar refractivity (Wildman–Crippen MR) is 221 cm³/mol. The average molecular weight is 777 g/mol. The Balaban J connectivity index is 0.868. The molecule has 0 amide bonds. The summed E-state index contributed by atoms with van der Waals surface area (Å²) < 4.78 is 29.1. The van der Waals surface area contributed by atoms with Gasteiger partial charge in [0.1, 0.15) is 0 Å². The third-order valence-electron chi connectivity index (χ3n) is 9.17. The van der Waals surface area contributed by atoms with Crippen LogP contribution in [0.2, 0.25) is 0 Å². The zero-order valence-electron chi connectivity index (χ0n) is 26.9.